The summed E-state index contributed by atoms with van der Waals surface area (Å²) in [5.41, 5.74) is 1.32. The molecule has 1 aromatic carbocycles. The summed E-state index contributed by atoms with van der Waals surface area (Å²) in [5.74, 6) is 1.14. The second-order valence-electron chi connectivity index (χ2n) is 7.00. The van der Waals surface area contributed by atoms with Crippen molar-refractivity contribution in [2.24, 2.45) is 4.99 Å². The van der Waals surface area contributed by atoms with Gasteiger partial charge in [0.05, 0.1) is 24.4 Å². The number of halogens is 1. The molecule has 1 aromatic rings. The molecule has 27 heavy (non-hydrogen) atoms. The van der Waals surface area contributed by atoms with E-state index in [1.165, 1.54) is 6.42 Å². The van der Waals surface area contributed by atoms with Gasteiger partial charge in [0.25, 0.3) is 5.91 Å². The molecular formula is C19H28BrN5O2. The molecule has 1 saturated heterocycles. The Hall–Kier alpha value is -1.80. The van der Waals surface area contributed by atoms with Crippen LogP contribution >= 0.6 is 15.9 Å². The molecular weight excluding hydrogens is 410 g/mol. The smallest absolute Gasteiger partial charge is 0.255 e. The molecule has 3 rings (SSSR count). The second-order valence-corrected chi connectivity index (χ2v) is 7.85. The van der Waals surface area contributed by atoms with Crippen LogP contribution in [0.3, 0.4) is 0 Å². The maximum absolute atomic E-state index is 12.7. The van der Waals surface area contributed by atoms with E-state index < -0.39 is 0 Å². The number of nitrogens with zero attached hydrogens (tertiary/aromatic N) is 2. The largest absolute Gasteiger partial charge is 0.496 e. The molecule has 2 aliphatic rings. The Morgan fingerprint density at radius 1 is 1.48 bits per heavy atom. The fourth-order valence-electron chi connectivity index (χ4n) is 3.60. The van der Waals surface area contributed by atoms with E-state index in [-0.39, 0.29) is 11.9 Å². The van der Waals surface area contributed by atoms with Crippen LogP contribution < -0.4 is 20.7 Å². The van der Waals surface area contributed by atoms with E-state index in [1.54, 1.807) is 13.2 Å². The highest BCUT2D eigenvalue weighted by Crippen LogP contribution is 2.31. The summed E-state index contributed by atoms with van der Waals surface area (Å²) in [6.07, 6.45) is 2.32. The van der Waals surface area contributed by atoms with Gasteiger partial charge in [0, 0.05) is 29.7 Å². The Balaban J connectivity index is 1.70. The highest BCUT2D eigenvalue weighted by Gasteiger charge is 2.24. The van der Waals surface area contributed by atoms with Gasteiger partial charge in [0.15, 0.2) is 5.96 Å². The Morgan fingerprint density at radius 3 is 2.96 bits per heavy atom. The summed E-state index contributed by atoms with van der Waals surface area (Å²) in [6.45, 7) is 7.82. The molecule has 0 aliphatic carbocycles. The normalized spacial score (nSPS) is 22.3. The zero-order valence-electron chi connectivity index (χ0n) is 16.1. The molecule has 0 bridgehead atoms. The van der Waals surface area contributed by atoms with Crippen molar-refractivity contribution in [1.29, 1.82) is 0 Å². The number of aliphatic imine (C=N–C) groups is 1. The minimum absolute atomic E-state index is 0.119. The van der Waals surface area contributed by atoms with Gasteiger partial charge in [-0.15, -0.1) is 0 Å². The van der Waals surface area contributed by atoms with Crippen molar-refractivity contribution >= 4 is 33.5 Å². The number of carbonyl (C=O) groups excluding carboxylic acids is 1. The lowest BCUT2D eigenvalue weighted by Gasteiger charge is -2.23. The zero-order valence-corrected chi connectivity index (χ0v) is 17.7. The van der Waals surface area contributed by atoms with E-state index >= 15 is 0 Å². The van der Waals surface area contributed by atoms with Crippen LogP contribution in [0, 0.1) is 0 Å². The van der Waals surface area contributed by atoms with Crippen LogP contribution in [-0.2, 0) is 0 Å². The number of benzene rings is 1. The molecule has 0 radical (unpaired) electrons. The zero-order chi connectivity index (χ0) is 19.4. The molecule has 8 heteroatoms. The second kappa shape index (κ2) is 8.93. The van der Waals surface area contributed by atoms with Gasteiger partial charge in [-0.25, -0.2) is 4.99 Å². The first kappa shape index (κ1) is 19.9. The number of carbonyl (C=O) groups is 1. The first-order valence-corrected chi connectivity index (χ1v) is 10.3. The Kier molecular flexibility index (Phi) is 6.59. The lowest BCUT2D eigenvalue weighted by Crippen LogP contribution is -2.40. The number of anilines is 1. The Bertz CT molecular complexity index is 724. The van der Waals surface area contributed by atoms with Gasteiger partial charge in [-0.05, 0) is 54.9 Å². The predicted molar refractivity (Wildman–Crippen MR) is 112 cm³/mol. The maximum Gasteiger partial charge on any atom is 0.255 e. The number of rotatable bonds is 6. The van der Waals surface area contributed by atoms with Gasteiger partial charge in [-0.3, -0.25) is 9.69 Å². The third-order valence-electron chi connectivity index (χ3n) is 5.10. The van der Waals surface area contributed by atoms with Crippen molar-refractivity contribution in [1.82, 2.24) is 15.5 Å². The van der Waals surface area contributed by atoms with E-state index in [4.69, 9.17) is 4.74 Å². The number of ether oxygens (including phenoxy) is 1. The number of likely N-dealkylation sites (tertiary alicyclic amines) is 1. The number of hydrogen-bond acceptors (Lipinski definition) is 6. The fraction of sp³-hybridized carbons (Fsp3) is 0.579. The van der Waals surface area contributed by atoms with Crippen LogP contribution in [0.5, 0.6) is 5.75 Å². The molecule has 1 fully saturated rings. The molecule has 0 spiro atoms. The minimum Gasteiger partial charge on any atom is -0.496 e. The van der Waals surface area contributed by atoms with Crippen molar-refractivity contribution in [3.8, 4) is 5.75 Å². The molecule has 2 heterocycles. The quantitative estimate of drug-likeness (QED) is 0.636. The van der Waals surface area contributed by atoms with Gasteiger partial charge >= 0.3 is 0 Å². The molecule has 2 aliphatic heterocycles. The molecule has 3 N–H and O–H groups in total. The van der Waals surface area contributed by atoms with Crippen LogP contribution in [-0.4, -0.2) is 62.1 Å². The Labute approximate surface area is 169 Å². The first-order chi connectivity index (χ1) is 13.0. The average molecular weight is 438 g/mol. The summed E-state index contributed by atoms with van der Waals surface area (Å²) in [5, 5.41) is 9.52. The van der Waals surface area contributed by atoms with Crippen LogP contribution in [0.25, 0.3) is 0 Å². The maximum atomic E-state index is 12.7. The van der Waals surface area contributed by atoms with Crippen LogP contribution in [0.1, 0.15) is 37.0 Å². The van der Waals surface area contributed by atoms with Gasteiger partial charge in [0.1, 0.15) is 5.75 Å². The van der Waals surface area contributed by atoms with Gasteiger partial charge < -0.3 is 20.7 Å². The van der Waals surface area contributed by atoms with Crippen molar-refractivity contribution in [2.45, 2.75) is 38.8 Å². The third kappa shape index (κ3) is 4.73. The van der Waals surface area contributed by atoms with Crippen molar-refractivity contribution in [3.05, 3.63) is 22.2 Å². The molecule has 0 saturated carbocycles. The van der Waals surface area contributed by atoms with Gasteiger partial charge in [-0.1, -0.05) is 6.92 Å². The number of likely N-dealkylation sites (N-methyl/N-ethyl adjacent to an activating group) is 1. The van der Waals surface area contributed by atoms with E-state index in [0.29, 0.717) is 23.9 Å². The van der Waals surface area contributed by atoms with Crippen LogP contribution in [0.15, 0.2) is 21.6 Å². The van der Waals surface area contributed by atoms with E-state index in [1.807, 2.05) is 6.07 Å². The first-order valence-electron chi connectivity index (χ1n) is 9.50. The predicted octanol–water partition coefficient (Wildman–Crippen LogP) is 2.43. The molecule has 2 unspecified atom stereocenters. The standard InChI is InChI=1S/C19H28BrN5O2/c1-4-25-7-5-6-13(25)11-21-18(26)14-8-15(20)16(9-17(14)27-3)24-19-22-10-12(2)23-19/h8-9,12-13H,4-7,10-11H2,1-3H3,(H,21,26)(H2,22,23,24). The number of methoxy groups -OCH3 is 1. The van der Waals surface area contributed by atoms with Gasteiger partial charge in [-0.2, -0.15) is 0 Å². The summed E-state index contributed by atoms with van der Waals surface area (Å²) in [6, 6.07) is 4.28. The average Bonchev–Trinajstić information content (AvgIpc) is 3.29. The molecule has 7 nitrogen and oxygen atoms in total. The molecule has 0 aromatic heterocycles. The topological polar surface area (TPSA) is 78.0 Å². The highest BCUT2D eigenvalue weighted by atomic mass is 79.9. The van der Waals surface area contributed by atoms with E-state index in [0.717, 1.165) is 42.2 Å². The Morgan fingerprint density at radius 2 is 2.30 bits per heavy atom. The lowest BCUT2D eigenvalue weighted by atomic mass is 10.1. The van der Waals surface area contributed by atoms with Crippen LogP contribution in [0.2, 0.25) is 0 Å². The number of hydrogen-bond donors (Lipinski definition) is 3. The van der Waals surface area contributed by atoms with E-state index in [2.05, 4.69) is 55.6 Å². The van der Waals surface area contributed by atoms with Crippen molar-refractivity contribution in [3.63, 3.8) is 0 Å². The van der Waals surface area contributed by atoms with Crippen LogP contribution in [0.4, 0.5) is 5.69 Å². The molecule has 1 amide bonds. The van der Waals surface area contributed by atoms with Crippen molar-refractivity contribution < 1.29 is 9.53 Å². The van der Waals surface area contributed by atoms with Crippen molar-refractivity contribution in [2.75, 3.05) is 38.6 Å². The van der Waals surface area contributed by atoms with E-state index in [9.17, 15) is 4.79 Å². The number of guanidine groups is 1. The minimum atomic E-state index is -0.119. The SMILES string of the molecule is CCN1CCCC1CNC(=O)c1cc(Br)c(NC2=NC(C)CN2)cc1OC. The highest BCUT2D eigenvalue weighted by molar-refractivity contribution is 9.10. The molecule has 2 atom stereocenters. The fourth-order valence-corrected chi connectivity index (χ4v) is 4.05. The molecule has 148 valence electrons. The number of nitrogens with one attached hydrogen (secondary N) is 3. The summed E-state index contributed by atoms with van der Waals surface area (Å²) >= 11 is 3.55. The summed E-state index contributed by atoms with van der Waals surface area (Å²) < 4.78 is 6.26. The monoisotopic (exact) mass is 437 g/mol. The third-order valence-corrected chi connectivity index (χ3v) is 5.76. The van der Waals surface area contributed by atoms with Gasteiger partial charge in [0.2, 0.25) is 0 Å². The summed E-state index contributed by atoms with van der Waals surface area (Å²) in [4.78, 5) is 19.6. The summed E-state index contributed by atoms with van der Waals surface area (Å²) in [7, 11) is 1.58. The lowest BCUT2D eigenvalue weighted by molar-refractivity contribution is 0.0938. The number of amides is 1.